The van der Waals surface area contributed by atoms with Gasteiger partial charge in [0.2, 0.25) is 11.8 Å². The highest BCUT2D eigenvalue weighted by atomic mass is 16.5. The van der Waals surface area contributed by atoms with E-state index in [9.17, 15) is 14.7 Å². The van der Waals surface area contributed by atoms with Gasteiger partial charge in [0.15, 0.2) is 0 Å². The second kappa shape index (κ2) is 10.3. The summed E-state index contributed by atoms with van der Waals surface area (Å²) in [6, 6.07) is 4.97. The van der Waals surface area contributed by atoms with Crippen molar-refractivity contribution in [2.75, 3.05) is 32.1 Å². The van der Waals surface area contributed by atoms with Crippen molar-refractivity contribution in [3.63, 3.8) is 0 Å². The van der Waals surface area contributed by atoms with Crippen LogP contribution in [0, 0.1) is 5.92 Å². The van der Waals surface area contributed by atoms with E-state index in [1.54, 1.807) is 23.1 Å². The third-order valence-corrected chi connectivity index (χ3v) is 5.30. The number of likely N-dealkylation sites (N-methyl/N-ethyl adjacent to an activating group) is 1. The molecular weight excluding hydrogens is 402 g/mol. The predicted octanol–water partition coefficient (Wildman–Crippen LogP) is -0.320. The number of carbonyl (C=O) groups excluding carboxylic acids is 2. The number of nitrogens with zero attached hydrogens (tertiary/aromatic N) is 5. The van der Waals surface area contributed by atoms with Gasteiger partial charge in [0.1, 0.15) is 24.7 Å². The molecule has 0 saturated carbocycles. The molecule has 0 unspecified atom stereocenters. The monoisotopic (exact) mass is 431 g/mol. The molecule has 2 aromatic rings. The molecule has 2 heterocycles. The molecule has 1 aliphatic rings. The van der Waals surface area contributed by atoms with Crippen LogP contribution in [0.25, 0.3) is 0 Å². The summed E-state index contributed by atoms with van der Waals surface area (Å²) in [4.78, 5) is 27.1. The number of anilines is 1. The normalized spacial score (nSPS) is 20.1. The first-order valence-electron chi connectivity index (χ1n) is 10.3. The molecule has 0 bridgehead atoms. The number of rotatable bonds is 7. The van der Waals surface area contributed by atoms with E-state index in [0.717, 1.165) is 0 Å². The average Bonchev–Trinajstić information content (AvgIpc) is 3.25. The van der Waals surface area contributed by atoms with Gasteiger partial charge in [0, 0.05) is 30.3 Å². The summed E-state index contributed by atoms with van der Waals surface area (Å²) >= 11 is 0. The minimum atomic E-state index is -0.300. The number of ether oxygens (including phenoxy) is 1. The van der Waals surface area contributed by atoms with E-state index in [1.807, 2.05) is 20.9 Å². The number of amides is 2. The highest BCUT2D eigenvalue weighted by Gasteiger charge is 2.30. The fourth-order valence-corrected chi connectivity index (χ4v) is 3.55. The van der Waals surface area contributed by atoms with Gasteiger partial charge in [-0.25, -0.2) is 4.68 Å². The van der Waals surface area contributed by atoms with Gasteiger partial charge in [-0.05, 0) is 42.6 Å². The second-order valence-electron chi connectivity index (χ2n) is 7.82. The molecule has 3 atom stereocenters. The number of hydrogen-bond acceptors (Lipinski definition) is 8. The van der Waals surface area contributed by atoms with Gasteiger partial charge in [-0.15, -0.1) is 5.10 Å². The third-order valence-electron chi connectivity index (χ3n) is 5.30. The van der Waals surface area contributed by atoms with E-state index in [2.05, 4.69) is 26.2 Å². The molecule has 3 N–H and O–H groups in total. The molecular formula is C20H29N7O4. The van der Waals surface area contributed by atoms with Crippen LogP contribution in [0.5, 0.6) is 5.75 Å². The van der Waals surface area contributed by atoms with Crippen LogP contribution < -0.4 is 15.4 Å². The summed E-state index contributed by atoms with van der Waals surface area (Å²) in [7, 11) is 1.85. The molecule has 2 amide bonds. The highest BCUT2D eigenvalue weighted by molar-refractivity contribution is 5.91. The number of aromatic nitrogens is 4. The summed E-state index contributed by atoms with van der Waals surface area (Å²) < 4.78 is 7.59. The van der Waals surface area contributed by atoms with Crippen LogP contribution in [0.2, 0.25) is 0 Å². The lowest BCUT2D eigenvalue weighted by Gasteiger charge is -2.32. The van der Waals surface area contributed by atoms with Crippen molar-refractivity contribution in [2.45, 2.75) is 39.0 Å². The maximum Gasteiger partial charge on any atom is 0.246 e. The minimum absolute atomic E-state index is 0.0247. The van der Waals surface area contributed by atoms with Crippen LogP contribution in [0.15, 0.2) is 24.5 Å². The van der Waals surface area contributed by atoms with E-state index in [0.29, 0.717) is 30.1 Å². The molecule has 1 aromatic carbocycles. The molecule has 3 rings (SSSR count). The molecule has 11 heteroatoms. The van der Waals surface area contributed by atoms with Gasteiger partial charge >= 0.3 is 0 Å². The molecule has 0 radical (unpaired) electrons. The molecule has 11 nitrogen and oxygen atoms in total. The van der Waals surface area contributed by atoms with Gasteiger partial charge in [0.25, 0.3) is 0 Å². The first kappa shape index (κ1) is 22.6. The zero-order valence-corrected chi connectivity index (χ0v) is 18.0. The van der Waals surface area contributed by atoms with Crippen molar-refractivity contribution in [1.29, 1.82) is 0 Å². The summed E-state index contributed by atoms with van der Waals surface area (Å²) in [5.74, 6) is 0.268. The molecule has 1 aromatic heterocycles. The van der Waals surface area contributed by atoms with Crippen LogP contribution in [-0.2, 0) is 22.6 Å². The lowest BCUT2D eigenvalue weighted by atomic mass is 10.0. The van der Waals surface area contributed by atoms with E-state index in [4.69, 9.17) is 4.74 Å². The number of nitrogens with one attached hydrogen (secondary N) is 2. The zero-order valence-electron chi connectivity index (χ0n) is 18.0. The van der Waals surface area contributed by atoms with Crippen molar-refractivity contribution in [2.24, 2.45) is 5.92 Å². The van der Waals surface area contributed by atoms with E-state index >= 15 is 0 Å². The van der Waals surface area contributed by atoms with E-state index in [1.165, 1.54) is 11.0 Å². The number of benzene rings is 1. The van der Waals surface area contributed by atoms with Crippen LogP contribution in [-0.4, -0.2) is 80.9 Å². The Balaban J connectivity index is 1.85. The van der Waals surface area contributed by atoms with Crippen molar-refractivity contribution >= 4 is 17.5 Å². The van der Waals surface area contributed by atoms with Crippen LogP contribution in [0.3, 0.4) is 0 Å². The van der Waals surface area contributed by atoms with Crippen molar-refractivity contribution in [3.8, 4) is 5.75 Å². The molecule has 1 aliphatic heterocycles. The highest BCUT2D eigenvalue weighted by Crippen LogP contribution is 2.28. The Hall–Kier alpha value is -3.05. The molecule has 0 fully saturated rings. The smallest absolute Gasteiger partial charge is 0.246 e. The maximum absolute atomic E-state index is 13.1. The van der Waals surface area contributed by atoms with Crippen molar-refractivity contribution in [3.05, 3.63) is 30.1 Å². The van der Waals surface area contributed by atoms with E-state index < -0.39 is 0 Å². The SMILES string of the molecule is CNC[C@H]1Oc2ccc(NC(=O)Cn3cnnn3)cc2CC(=O)N([C@@H](C)CO)C[C@@H]1C. The molecule has 0 aliphatic carbocycles. The Labute approximate surface area is 180 Å². The number of aliphatic hydroxyl groups excluding tert-OH is 1. The topological polar surface area (TPSA) is 134 Å². The third kappa shape index (κ3) is 5.76. The van der Waals surface area contributed by atoms with Gasteiger partial charge in [0.05, 0.1) is 19.1 Å². The second-order valence-corrected chi connectivity index (χ2v) is 7.82. The molecule has 168 valence electrons. The van der Waals surface area contributed by atoms with Crippen molar-refractivity contribution in [1.82, 2.24) is 30.4 Å². The predicted molar refractivity (Wildman–Crippen MR) is 112 cm³/mol. The van der Waals surface area contributed by atoms with Gasteiger partial charge in [-0.2, -0.15) is 0 Å². The fourth-order valence-electron chi connectivity index (χ4n) is 3.55. The Morgan fingerprint density at radius 2 is 2.23 bits per heavy atom. The summed E-state index contributed by atoms with van der Waals surface area (Å²) in [5.41, 5.74) is 1.23. The van der Waals surface area contributed by atoms with E-state index in [-0.39, 0.29) is 49.5 Å². The maximum atomic E-state index is 13.1. The first-order valence-corrected chi connectivity index (χ1v) is 10.3. The Morgan fingerprint density at radius 1 is 1.42 bits per heavy atom. The minimum Gasteiger partial charge on any atom is -0.488 e. The summed E-state index contributed by atoms with van der Waals surface area (Å²) in [6.45, 7) is 4.81. The number of fused-ring (bicyclic) bond motifs is 1. The number of hydrogen-bond donors (Lipinski definition) is 3. The van der Waals surface area contributed by atoms with Gasteiger partial charge in [-0.1, -0.05) is 6.92 Å². The van der Waals surface area contributed by atoms with Gasteiger partial charge < -0.3 is 25.4 Å². The Morgan fingerprint density at radius 3 is 2.90 bits per heavy atom. The standard InChI is InChI=1S/C20H29N7O4/c1-13-9-27(14(2)11-28)20(30)7-15-6-16(4-5-17(15)31-18(13)8-21-3)23-19(29)10-26-12-22-24-25-26/h4-6,12-14,18,21,28H,7-11H2,1-3H3,(H,23,29)/t13-,14-,18+/m0/s1. The van der Waals surface area contributed by atoms with Crippen LogP contribution in [0.4, 0.5) is 5.69 Å². The van der Waals surface area contributed by atoms with Crippen LogP contribution in [0.1, 0.15) is 19.4 Å². The lowest BCUT2D eigenvalue weighted by Crippen LogP contribution is -2.47. The molecule has 31 heavy (non-hydrogen) atoms. The number of tetrazole rings is 1. The quantitative estimate of drug-likeness (QED) is 0.543. The molecule has 0 saturated heterocycles. The van der Waals surface area contributed by atoms with Gasteiger partial charge in [-0.3, -0.25) is 9.59 Å². The van der Waals surface area contributed by atoms with Crippen LogP contribution >= 0.6 is 0 Å². The number of carbonyl (C=O) groups is 2. The lowest BCUT2D eigenvalue weighted by molar-refractivity contribution is -0.134. The molecule has 0 spiro atoms. The average molecular weight is 431 g/mol. The Kier molecular flexibility index (Phi) is 7.53. The largest absolute Gasteiger partial charge is 0.488 e. The van der Waals surface area contributed by atoms with Crippen molar-refractivity contribution < 1.29 is 19.4 Å². The Bertz CT molecular complexity index is 890. The summed E-state index contributed by atoms with van der Waals surface area (Å²) in [6.07, 6.45) is 1.30. The summed E-state index contributed by atoms with van der Waals surface area (Å²) in [5, 5.41) is 26.3. The number of aliphatic hydroxyl groups is 1. The first-order chi connectivity index (χ1) is 14.9. The zero-order chi connectivity index (χ0) is 22.4. The fraction of sp³-hybridized carbons (Fsp3) is 0.550.